The summed E-state index contributed by atoms with van der Waals surface area (Å²) in [5.74, 6) is 0.612. The zero-order valence-corrected chi connectivity index (χ0v) is 18.6. The Hall–Kier alpha value is -2.44. The van der Waals surface area contributed by atoms with Crippen LogP contribution in [0.2, 0.25) is 5.02 Å². The summed E-state index contributed by atoms with van der Waals surface area (Å²) in [6.07, 6.45) is 5.47. The summed E-state index contributed by atoms with van der Waals surface area (Å²) in [6.45, 7) is 0. The van der Waals surface area contributed by atoms with Gasteiger partial charge in [-0.05, 0) is 88.5 Å². The van der Waals surface area contributed by atoms with E-state index in [1.807, 2.05) is 0 Å². The second kappa shape index (κ2) is 6.78. The Balaban J connectivity index is 1.22. The van der Waals surface area contributed by atoms with Crippen LogP contribution in [0.1, 0.15) is 16.8 Å². The van der Waals surface area contributed by atoms with Crippen LogP contribution in [0.25, 0.3) is 0 Å². The van der Waals surface area contributed by atoms with E-state index >= 15 is 0 Å². The third-order valence-electron chi connectivity index (χ3n) is 7.23. The first-order chi connectivity index (χ1) is 14.9. The molecule has 7 rings (SSSR count). The number of hydrogen-bond acceptors (Lipinski definition) is 3. The fourth-order valence-electron chi connectivity index (χ4n) is 5.75. The van der Waals surface area contributed by atoms with Gasteiger partial charge in [-0.2, -0.15) is 0 Å². The van der Waals surface area contributed by atoms with Gasteiger partial charge in [0.15, 0.2) is 0 Å². The van der Waals surface area contributed by atoms with Gasteiger partial charge in [0.1, 0.15) is 0 Å². The van der Waals surface area contributed by atoms with Crippen molar-refractivity contribution in [2.75, 3.05) is 10.2 Å². The lowest BCUT2D eigenvalue weighted by molar-refractivity contribution is -0.124. The molecule has 3 fully saturated rings. The fourth-order valence-corrected chi connectivity index (χ4v) is 6.18. The van der Waals surface area contributed by atoms with Gasteiger partial charge >= 0.3 is 0 Å². The number of carbonyl (C=O) groups is 3. The minimum atomic E-state index is -0.292. The lowest BCUT2D eigenvalue weighted by atomic mass is 9.63. The van der Waals surface area contributed by atoms with Crippen molar-refractivity contribution in [3.63, 3.8) is 0 Å². The summed E-state index contributed by atoms with van der Waals surface area (Å²) in [7, 11) is 0. The minimum absolute atomic E-state index is 0.0959. The molecule has 2 aromatic rings. The molecule has 0 aromatic heterocycles. The lowest BCUT2D eigenvalue weighted by Crippen LogP contribution is -2.40. The summed E-state index contributed by atoms with van der Waals surface area (Å²) in [6, 6.07) is 11.8. The molecule has 1 saturated heterocycles. The van der Waals surface area contributed by atoms with Gasteiger partial charge < -0.3 is 5.32 Å². The molecule has 0 spiro atoms. The standard InChI is InChI=1S/C24H18BrClN2O3/c25-18-8-3-12(9-19(18)26)27-22(29)11-1-4-13(5-2-11)28-23(30)20-14-6-7-15(17-10-16(14)17)21(20)24(28)31/h1-9,14-17,20-21H,10H2,(H,27,29)/t14-,15-,16-,17+,20+,21+/m0/s1. The van der Waals surface area contributed by atoms with Crippen molar-refractivity contribution in [1.29, 1.82) is 0 Å². The molecule has 1 aliphatic heterocycles. The Bertz CT molecular complexity index is 1140. The van der Waals surface area contributed by atoms with Gasteiger partial charge in [0.2, 0.25) is 11.8 Å². The second-order valence-electron chi connectivity index (χ2n) is 8.80. The predicted octanol–water partition coefficient (Wildman–Crippen LogP) is 4.91. The fraction of sp³-hybridized carbons (Fsp3) is 0.292. The molecule has 2 saturated carbocycles. The summed E-state index contributed by atoms with van der Waals surface area (Å²) >= 11 is 9.40. The Morgan fingerprint density at radius 2 is 1.58 bits per heavy atom. The lowest BCUT2D eigenvalue weighted by Gasteiger charge is -2.37. The molecular formula is C24H18BrClN2O3. The molecule has 1 N–H and O–H groups in total. The van der Waals surface area contributed by atoms with Crippen molar-refractivity contribution in [2.24, 2.45) is 35.5 Å². The highest BCUT2D eigenvalue weighted by molar-refractivity contribution is 9.10. The van der Waals surface area contributed by atoms with Crippen LogP contribution in [0, 0.1) is 35.5 Å². The number of imide groups is 1. The first-order valence-electron chi connectivity index (χ1n) is 10.4. The predicted molar refractivity (Wildman–Crippen MR) is 121 cm³/mol. The molecule has 1 heterocycles. The number of allylic oxidation sites excluding steroid dienone is 2. The SMILES string of the molecule is O=C(Nc1ccc(Br)c(Cl)c1)c1ccc(N2C(=O)[C@@H]3[C@H]4C=C[C@@H]([C@@H]5C[C@H]45)[C@H]3C2=O)cc1. The van der Waals surface area contributed by atoms with Gasteiger partial charge in [0, 0.05) is 15.7 Å². The Morgan fingerprint density at radius 1 is 0.968 bits per heavy atom. The normalized spacial score (nSPS) is 32.1. The summed E-state index contributed by atoms with van der Waals surface area (Å²) in [5.41, 5.74) is 1.54. The van der Waals surface area contributed by atoms with E-state index in [4.69, 9.17) is 11.6 Å². The largest absolute Gasteiger partial charge is 0.322 e. The summed E-state index contributed by atoms with van der Waals surface area (Å²) in [5, 5.41) is 3.30. The second-order valence-corrected chi connectivity index (χ2v) is 10.1. The molecule has 156 valence electrons. The number of hydrogen-bond donors (Lipinski definition) is 1. The summed E-state index contributed by atoms with van der Waals surface area (Å²) < 4.78 is 0.748. The molecule has 0 unspecified atom stereocenters. The van der Waals surface area contributed by atoms with E-state index in [0.29, 0.717) is 33.8 Å². The van der Waals surface area contributed by atoms with Crippen LogP contribution >= 0.6 is 27.5 Å². The van der Waals surface area contributed by atoms with Crippen molar-refractivity contribution < 1.29 is 14.4 Å². The molecule has 6 atom stereocenters. The van der Waals surface area contributed by atoms with E-state index in [0.717, 1.165) is 10.9 Å². The molecule has 7 heteroatoms. The molecular weight excluding hydrogens is 480 g/mol. The number of carbonyl (C=O) groups excluding carboxylic acids is 3. The van der Waals surface area contributed by atoms with Gasteiger partial charge in [-0.3, -0.25) is 19.3 Å². The van der Waals surface area contributed by atoms with Crippen LogP contribution < -0.4 is 10.2 Å². The minimum Gasteiger partial charge on any atom is -0.322 e. The highest BCUT2D eigenvalue weighted by Crippen LogP contribution is 2.65. The van der Waals surface area contributed by atoms with Crippen LogP contribution in [-0.4, -0.2) is 17.7 Å². The molecule has 2 aromatic carbocycles. The highest BCUT2D eigenvalue weighted by Gasteiger charge is 2.67. The average Bonchev–Trinajstić information content (AvgIpc) is 3.54. The molecule has 2 bridgehead atoms. The molecule has 5 aliphatic rings. The van der Waals surface area contributed by atoms with Gasteiger partial charge in [-0.15, -0.1) is 0 Å². The average molecular weight is 498 g/mol. The molecule has 0 radical (unpaired) electrons. The van der Waals surface area contributed by atoms with Crippen molar-refractivity contribution >= 4 is 56.6 Å². The molecule has 31 heavy (non-hydrogen) atoms. The van der Waals surface area contributed by atoms with E-state index in [9.17, 15) is 14.4 Å². The first kappa shape index (κ1) is 19.3. The van der Waals surface area contributed by atoms with Crippen molar-refractivity contribution in [2.45, 2.75) is 6.42 Å². The summed E-state index contributed by atoms with van der Waals surface area (Å²) in [4.78, 5) is 40.3. The van der Waals surface area contributed by atoms with Gasteiger partial charge in [-0.25, -0.2) is 0 Å². The van der Waals surface area contributed by atoms with Crippen LogP contribution in [0.3, 0.4) is 0 Å². The number of nitrogens with zero attached hydrogens (tertiary/aromatic N) is 1. The smallest absolute Gasteiger partial charge is 0.255 e. The van der Waals surface area contributed by atoms with Crippen LogP contribution in [0.5, 0.6) is 0 Å². The number of anilines is 2. The maximum Gasteiger partial charge on any atom is 0.255 e. The van der Waals surface area contributed by atoms with E-state index in [1.165, 1.54) is 4.90 Å². The quantitative estimate of drug-likeness (QED) is 0.484. The maximum absolute atomic E-state index is 13.2. The first-order valence-corrected chi connectivity index (χ1v) is 11.5. The van der Waals surface area contributed by atoms with Crippen LogP contribution in [0.4, 0.5) is 11.4 Å². The van der Waals surface area contributed by atoms with Gasteiger partial charge in [0.05, 0.1) is 22.5 Å². The zero-order valence-electron chi connectivity index (χ0n) is 16.3. The number of amides is 3. The Labute approximate surface area is 192 Å². The van der Waals surface area contributed by atoms with E-state index < -0.39 is 0 Å². The maximum atomic E-state index is 13.2. The third-order valence-corrected chi connectivity index (χ3v) is 8.46. The number of halogens is 2. The number of rotatable bonds is 3. The van der Waals surface area contributed by atoms with Crippen molar-refractivity contribution in [3.05, 3.63) is 69.7 Å². The van der Waals surface area contributed by atoms with E-state index in [-0.39, 0.29) is 41.4 Å². The topological polar surface area (TPSA) is 66.5 Å². The highest BCUT2D eigenvalue weighted by atomic mass is 79.9. The molecule has 3 amide bonds. The van der Waals surface area contributed by atoms with Crippen molar-refractivity contribution in [3.8, 4) is 0 Å². The van der Waals surface area contributed by atoms with E-state index in [2.05, 4.69) is 33.4 Å². The zero-order chi connectivity index (χ0) is 21.4. The van der Waals surface area contributed by atoms with Gasteiger partial charge in [-0.1, -0.05) is 23.8 Å². The Morgan fingerprint density at radius 3 is 2.16 bits per heavy atom. The third kappa shape index (κ3) is 2.84. The monoisotopic (exact) mass is 496 g/mol. The van der Waals surface area contributed by atoms with Gasteiger partial charge in [0.25, 0.3) is 5.91 Å². The number of nitrogens with one attached hydrogen (secondary N) is 1. The van der Waals surface area contributed by atoms with Crippen LogP contribution in [0.15, 0.2) is 59.1 Å². The molecule has 4 aliphatic carbocycles. The number of benzene rings is 2. The Kier molecular flexibility index (Phi) is 4.21. The van der Waals surface area contributed by atoms with E-state index in [1.54, 1.807) is 42.5 Å². The molecule has 5 nitrogen and oxygen atoms in total. The van der Waals surface area contributed by atoms with Crippen molar-refractivity contribution in [1.82, 2.24) is 0 Å². The van der Waals surface area contributed by atoms with Crippen LogP contribution in [-0.2, 0) is 9.59 Å².